The fourth-order valence-corrected chi connectivity index (χ4v) is 2.77. The Hall–Kier alpha value is -3.20. The van der Waals surface area contributed by atoms with E-state index in [0.29, 0.717) is 18.7 Å². The average molecular weight is 391 g/mol. The van der Waals surface area contributed by atoms with Crippen LogP contribution in [-0.4, -0.2) is 68.6 Å². The quantitative estimate of drug-likeness (QED) is 0.764. The first-order chi connectivity index (χ1) is 13.3. The summed E-state index contributed by atoms with van der Waals surface area (Å²) in [6.07, 6.45) is 2.05. The number of benzene rings is 1. The second-order valence-electron chi connectivity index (χ2n) is 6.30. The zero-order valence-corrected chi connectivity index (χ0v) is 15.4. The van der Waals surface area contributed by atoms with Crippen molar-refractivity contribution >= 4 is 17.8 Å². The molecule has 1 saturated heterocycles. The number of aliphatic carboxylic acids is 2. The number of carboxylic acid groups (broad SMARTS) is 2. The van der Waals surface area contributed by atoms with Crippen molar-refractivity contribution < 1.29 is 29.0 Å². The molecule has 0 atom stereocenters. The van der Waals surface area contributed by atoms with Gasteiger partial charge in [-0.1, -0.05) is 0 Å². The van der Waals surface area contributed by atoms with Crippen LogP contribution in [0.15, 0.2) is 42.6 Å². The first-order valence-corrected chi connectivity index (χ1v) is 8.61. The van der Waals surface area contributed by atoms with Crippen molar-refractivity contribution in [2.45, 2.75) is 6.54 Å². The molecular formula is C19H22FN3O5. The van der Waals surface area contributed by atoms with Crippen LogP contribution in [0.25, 0.3) is 0 Å². The van der Waals surface area contributed by atoms with E-state index in [4.69, 9.17) is 19.8 Å². The van der Waals surface area contributed by atoms with E-state index in [-0.39, 0.29) is 11.7 Å². The van der Waals surface area contributed by atoms with Crippen molar-refractivity contribution in [2.24, 2.45) is 7.05 Å². The molecule has 1 fully saturated rings. The molecule has 1 aliphatic heterocycles. The van der Waals surface area contributed by atoms with Crippen molar-refractivity contribution in [1.29, 1.82) is 0 Å². The lowest BCUT2D eigenvalue weighted by atomic mass is 10.1. The Balaban J connectivity index is 0.000000409. The number of nitrogens with zero attached hydrogens (tertiary/aromatic N) is 3. The molecule has 0 radical (unpaired) electrons. The maximum atomic E-state index is 12.9. The minimum absolute atomic E-state index is 0.0153. The molecular weight excluding hydrogens is 369 g/mol. The Morgan fingerprint density at radius 3 is 2.00 bits per heavy atom. The highest BCUT2D eigenvalue weighted by molar-refractivity contribution is 6.27. The van der Waals surface area contributed by atoms with Gasteiger partial charge in [-0.3, -0.25) is 9.69 Å². The van der Waals surface area contributed by atoms with Crippen LogP contribution in [0.5, 0.6) is 0 Å². The molecule has 1 aromatic heterocycles. The number of rotatable bonds is 3. The summed E-state index contributed by atoms with van der Waals surface area (Å²) in [4.78, 5) is 34.8. The number of hydrogen-bond acceptors (Lipinski definition) is 4. The molecule has 2 N–H and O–H groups in total. The number of hydrogen-bond donors (Lipinski definition) is 2. The second kappa shape index (κ2) is 9.65. The normalized spacial score (nSPS) is 14.1. The van der Waals surface area contributed by atoms with E-state index in [1.54, 1.807) is 12.1 Å². The van der Waals surface area contributed by atoms with E-state index in [0.717, 1.165) is 19.6 Å². The van der Waals surface area contributed by atoms with Gasteiger partial charge < -0.3 is 19.7 Å². The molecule has 0 aliphatic carbocycles. The first-order valence-electron chi connectivity index (χ1n) is 8.61. The summed E-state index contributed by atoms with van der Waals surface area (Å²) < 4.78 is 15.0. The Labute approximate surface area is 161 Å². The molecule has 0 bridgehead atoms. The summed E-state index contributed by atoms with van der Waals surface area (Å²) in [5.74, 6) is -3.98. The highest BCUT2D eigenvalue weighted by Crippen LogP contribution is 2.12. The van der Waals surface area contributed by atoms with Crippen molar-refractivity contribution in [3.05, 3.63) is 59.7 Å². The standard InChI is InChI=1S/C17H20FN3O.C2H2O4/c1-19-8-2-3-16(19)13-20-9-11-21(12-10-20)17(22)14-4-6-15(18)7-5-14;3-1(4)2(5)6/h2-8H,9-13H2,1H3;(H,3,4)(H,5,6). The maximum Gasteiger partial charge on any atom is 0.414 e. The molecule has 1 aliphatic rings. The van der Waals surface area contributed by atoms with E-state index in [2.05, 4.69) is 15.5 Å². The molecule has 2 heterocycles. The van der Waals surface area contributed by atoms with Crippen LogP contribution in [0.4, 0.5) is 4.39 Å². The third-order valence-electron chi connectivity index (χ3n) is 4.37. The minimum atomic E-state index is -1.82. The number of aromatic nitrogens is 1. The van der Waals surface area contributed by atoms with Gasteiger partial charge >= 0.3 is 11.9 Å². The minimum Gasteiger partial charge on any atom is -0.473 e. The first kappa shape index (κ1) is 21.1. The summed E-state index contributed by atoms with van der Waals surface area (Å²) in [5, 5.41) is 14.8. The Kier molecular flexibility index (Phi) is 7.28. The van der Waals surface area contributed by atoms with E-state index in [1.165, 1.54) is 17.8 Å². The molecule has 0 unspecified atom stereocenters. The van der Waals surface area contributed by atoms with Crippen LogP contribution in [0.3, 0.4) is 0 Å². The molecule has 0 spiro atoms. The van der Waals surface area contributed by atoms with E-state index < -0.39 is 11.9 Å². The van der Waals surface area contributed by atoms with Gasteiger partial charge in [-0.15, -0.1) is 0 Å². The maximum absolute atomic E-state index is 12.9. The molecule has 1 aromatic carbocycles. The van der Waals surface area contributed by atoms with Gasteiger partial charge in [-0.05, 0) is 36.4 Å². The van der Waals surface area contributed by atoms with Gasteiger partial charge in [0.2, 0.25) is 0 Å². The molecule has 2 aromatic rings. The van der Waals surface area contributed by atoms with Gasteiger partial charge in [0.1, 0.15) is 5.82 Å². The van der Waals surface area contributed by atoms with E-state index in [1.807, 2.05) is 24.2 Å². The molecule has 28 heavy (non-hydrogen) atoms. The summed E-state index contributed by atoms with van der Waals surface area (Å²) >= 11 is 0. The van der Waals surface area contributed by atoms with Crippen LogP contribution in [0, 0.1) is 5.82 Å². The van der Waals surface area contributed by atoms with Gasteiger partial charge in [0.25, 0.3) is 5.91 Å². The largest absolute Gasteiger partial charge is 0.473 e. The van der Waals surface area contributed by atoms with Crippen LogP contribution in [0.2, 0.25) is 0 Å². The number of halogens is 1. The average Bonchev–Trinajstić information content (AvgIpc) is 3.07. The van der Waals surface area contributed by atoms with Crippen LogP contribution < -0.4 is 0 Å². The number of piperazine rings is 1. The summed E-state index contributed by atoms with van der Waals surface area (Å²) in [5.41, 5.74) is 1.83. The molecule has 1 amide bonds. The van der Waals surface area contributed by atoms with Gasteiger partial charge in [0, 0.05) is 57.2 Å². The van der Waals surface area contributed by atoms with Crippen molar-refractivity contribution in [3.63, 3.8) is 0 Å². The molecule has 8 nitrogen and oxygen atoms in total. The van der Waals surface area contributed by atoms with E-state index in [9.17, 15) is 9.18 Å². The molecule has 150 valence electrons. The Morgan fingerprint density at radius 1 is 0.964 bits per heavy atom. The van der Waals surface area contributed by atoms with Crippen molar-refractivity contribution in [3.8, 4) is 0 Å². The topological polar surface area (TPSA) is 103 Å². The van der Waals surface area contributed by atoms with Crippen molar-refractivity contribution in [2.75, 3.05) is 26.2 Å². The fourth-order valence-electron chi connectivity index (χ4n) is 2.77. The summed E-state index contributed by atoms with van der Waals surface area (Å²) in [7, 11) is 2.05. The number of carbonyl (C=O) groups is 3. The summed E-state index contributed by atoms with van der Waals surface area (Å²) in [6.45, 7) is 4.04. The second-order valence-corrected chi connectivity index (χ2v) is 6.30. The highest BCUT2D eigenvalue weighted by atomic mass is 19.1. The number of amides is 1. The Morgan fingerprint density at radius 2 is 1.54 bits per heavy atom. The summed E-state index contributed by atoms with van der Waals surface area (Å²) in [6, 6.07) is 9.93. The SMILES string of the molecule is Cn1cccc1CN1CCN(C(=O)c2ccc(F)cc2)CC1.O=C(O)C(=O)O. The third kappa shape index (κ3) is 5.92. The molecule has 0 saturated carbocycles. The van der Waals surface area contributed by atoms with Gasteiger partial charge in [0.05, 0.1) is 0 Å². The third-order valence-corrected chi connectivity index (χ3v) is 4.37. The lowest BCUT2D eigenvalue weighted by Gasteiger charge is -2.34. The number of carboxylic acids is 2. The molecule has 9 heteroatoms. The van der Waals surface area contributed by atoms with Crippen molar-refractivity contribution in [1.82, 2.24) is 14.4 Å². The van der Waals surface area contributed by atoms with Gasteiger partial charge in [0.15, 0.2) is 0 Å². The fraction of sp³-hybridized carbons (Fsp3) is 0.316. The van der Waals surface area contributed by atoms with Gasteiger partial charge in [-0.25, -0.2) is 14.0 Å². The zero-order chi connectivity index (χ0) is 20.7. The van der Waals surface area contributed by atoms with Gasteiger partial charge in [-0.2, -0.15) is 0 Å². The zero-order valence-electron chi connectivity index (χ0n) is 15.4. The molecule has 3 rings (SSSR count). The lowest BCUT2D eigenvalue weighted by molar-refractivity contribution is -0.159. The monoisotopic (exact) mass is 391 g/mol. The number of carbonyl (C=O) groups excluding carboxylic acids is 1. The van der Waals surface area contributed by atoms with E-state index >= 15 is 0 Å². The van der Waals surface area contributed by atoms with Crippen LogP contribution >= 0.6 is 0 Å². The predicted molar refractivity (Wildman–Crippen MR) is 98.3 cm³/mol. The van der Waals surface area contributed by atoms with Crippen LogP contribution in [0.1, 0.15) is 16.1 Å². The smallest absolute Gasteiger partial charge is 0.414 e. The predicted octanol–water partition coefficient (Wildman–Crippen LogP) is 1.28. The lowest BCUT2D eigenvalue weighted by Crippen LogP contribution is -2.48. The highest BCUT2D eigenvalue weighted by Gasteiger charge is 2.22. The van der Waals surface area contributed by atoms with Crippen LogP contribution in [-0.2, 0) is 23.2 Å². The Bertz CT molecular complexity index is 814. The number of aryl methyl sites for hydroxylation is 1.